The molecule has 2 aromatic rings. The fraction of sp³-hybridized carbons (Fsp3) is 0.567. The average Bonchev–Trinajstić information content (AvgIpc) is 3.63. The van der Waals surface area contributed by atoms with Gasteiger partial charge >= 0.3 is 0 Å². The summed E-state index contributed by atoms with van der Waals surface area (Å²) in [6, 6.07) is 10.9. The van der Waals surface area contributed by atoms with E-state index in [1.807, 2.05) is 35.2 Å². The van der Waals surface area contributed by atoms with E-state index in [4.69, 9.17) is 4.74 Å². The average molecular weight is 522 g/mol. The van der Waals surface area contributed by atoms with Crippen molar-refractivity contribution in [3.63, 3.8) is 0 Å². The molecule has 2 atom stereocenters. The van der Waals surface area contributed by atoms with Gasteiger partial charge in [-0.05, 0) is 43.6 Å². The SMILES string of the molecule is CNC(=O)c1cn(CC2(O)CCN(C(=O)CCC3CCOC3)CC23CCCC3)c(=O)cc1-c1ccccc1. The molecule has 2 saturated heterocycles. The number of carbonyl (C=O) groups is 2. The van der Waals surface area contributed by atoms with Crippen LogP contribution in [0.3, 0.4) is 0 Å². The second-order valence-electron chi connectivity index (χ2n) is 11.4. The molecule has 1 aliphatic carbocycles. The van der Waals surface area contributed by atoms with Gasteiger partial charge < -0.3 is 24.6 Å². The first-order valence-electron chi connectivity index (χ1n) is 13.9. The first kappa shape index (κ1) is 26.6. The van der Waals surface area contributed by atoms with Gasteiger partial charge in [0.05, 0.1) is 17.7 Å². The van der Waals surface area contributed by atoms with Crippen LogP contribution in [0.4, 0.5) is 0 Å². The zero-order valence-corrected chi connectivity index (χ0v) is 22.3. The highest BCUT2D eigenvalue weighted by Gasteiger charge is 2.55. The number of ether oxygens (including phenoxy) is 1. The Bertz CT molecular complexity index is 1210. The van der Waals surface area contributed by atoms with Crippen LogP contribution in [0.5, 0.6) is 0 Å². The van der Waals surface area contributed by atoms with Gasteiger partial charge in [-0.15, -0.1) is 0 Å². The number of hydrogen-bond donors (Lipinski definition) is 2. The molecule has 1 aromatic carbocycles. The maximum Gasteiger partial charge on any atom is 0.253 e. The van der Waals surface area contributed by atoms with Gasteiger partial charge in [-0.3, -0.25) is 14.4 Å². The molecule has 3 fully saturated rings. The molecule has 0 bridgehead atoms. The van der Waals surface area contributed by atoms with Crippen molar-refractivity contribution < 1.29 is 19.4 Å². The molecule has 3 heterocycles. The summed E-state index contributed by atoms with van der Waals surface area (Å²) < 4.78 is 6.95. The molecule has 1 aromatic heterocycles. The van der Waals surface area contributed by atoms with Gasteiger partial charge in [-0.2, -0.15) is 0 Å². The Morgan fingerprint density at radius 2 is 1.92 bits per heavy atom. The number of benzene rings is 1. The third-order valence-corrected chi connectivity index (χ3v) is 9.09. The van der Waals surface area contributed by atoms with Crippen molar-refractivity contribution in [2.24, 2.45) is 11.3 Å². The number of rotatable bonds is 7. The molecule has 2 N–H and O–H groups in total. The third-order valence-electron chi connectivity index (χ3n) is 9.09. The van der Waals surface area contributed by atoms with Crippen LogP contribution in [0.15, 0.2) is 47.4 Å². The number of carbonyl (C=O) groups excluding carboxylic acids is 2. The molecule has 1 saturated carbocycles. The summed E-state index contributed by atoms with van der Waals surface area (Å²) in [4.78, 5) is 41.2. The molecule has 5 rings (SSSR count). The summed E-state index contributed by atoms with van der Waals surface area (Å²) in [5.41, 5.74) is -0.0971. The molecule has 3 aliphatic rings. The maximum absolute atomic E-state index is 13.3. The Morgan fingerprint density at radius 1 is 1.16 bits per heavy atom. The Hall–Kier alpha value is -2.97. The van der Waals surface area contributed by atoms with Gasteiger partial charge in [-0.1, -0.05) is 43.2 Å². The molecule has 8 heteroatoms. The fourth-order valence-electron chi connectivity index (χ4n) is 6.76. The first-order valence-corrected chi connectivity index (χ1v) is 13.9. The van der Waals surface area contributed by atoms with Crippen LogP contribution >= 0.6 is 0 Å². The summed E-state index contributed by atoms with van der Waals surface area (Å²) >= 11 is 0. The highest BCUT2D eigenvalue weighted by atomic mass is 16.5. The van der Waals surface area contributed by atoms with Crippen molar-refractivity contribution >= 4 is 11.8 Å². The van der Waals surface area contributed by atoms with Crippen molar-refractivity contribution in [1.29, 1.82) is 0 Å². The van der Waals surface area contributed by atoms with Crippen LogP contribution in [0.1, 0.15) is 61.7 Å². The third kappa shape index (κ3) is 5.16. The lowest BCUT2D eigenvalue weighted by atomic mass is 9.65. The minimum atomic E-state index is -1.14. The molecule has 1 spiro atoms. The number of nitrogens with zero attached hydrogens (tertiary/aromatic N) is 2. The minimum Gasteiger partial charge on any atom is -0.387 e. The number of piperidine rings is 1. The van der Waals surface area contributed by atoms with Gasteiger partial charge in [-0.25, -0.2) is 0 Å². The second-order valence-corrected chi connectivity index (χ2v) is 11.4. The summed E-state index contributed by atoms with van der Waals surface area (Å²) in [5, 5.41) is 14.8. The second kappa shape index (κ2) is 11.0. The van der Waals surface area contributed by atoms with E-state index in [0.29, 0.717) is 43.0 Å². The van der Waals surface area contributed by atoms with Crippen molar-refractivity contribution in [1.82, 2.24) is 14.8 Å². The van der Waals surface area contributed by atoms with E-state index < -0.39 is 11.0 Å². The number of likely N-dealkylation sites (tertiary alicyclic amines) is 1. The summed E-state index contributed by atoms with van der Waals surface area (Å²) in [7, 11) is 1.57. The molecule has 2 amide bonds. The Kier molecular flexibility index (Phi) is 7.73. The normalized spacial score (nSPS) is 24.6. The largest absolute Gasteiger partial charge is 0.387 e. The van der Waals surface area contributed by atoms with E-state index in [2.05, 4.69) is 5.32 Å². The molecule has 2 unspecified atom stereocenters. The zero-order chi connectivity index (χ0) is 26.8. The number of amides is 2. The zero-order valence-electron chi connectivity index (χ0n) is 22.3. The smallest absolute Gasteiger partial charge is 0.253 e. The van der Waals surface area contributed by atoms with Crippen LogP contribution < -0.4 is 10.9 Å². The summed E-state index contributed by atoms with van der Waals surface area (Å²) in [5.74, 6) is 0.325. The first-order chi connectivity index (χ1) is 18.3. The Labute approximate surface area is 224 Å². The lowest BCUT2D eigenvalue weighted by Crippen LogP contribution is -2.62. The van der Waals surface area contributed by atoms with E-state index >= 15 is 0 Å². The van der Waals surface area contributed by atoms with E-state index in [-0.39, 0.29) is 23.9 Å². The monoisotopic (exact) mass is 521 g/mol. The Morgan fingerprint density at radius 3 is 2.61 bits per heavy atom. The number of aliphatic hydroxyl groups is 1. The molecule has 204 valence electrons. The van der Waals surface area contributed by atoms with Crippen molar-refractivity contribution in [3.05, 3.63) is 58.5 Å². The lowest BCUT2D eigenvalue weighted by Gasteiger charge is -2.52. The number of nitrogens with one attached hydrogen (secondary N) is 1. The van der Waals surface area contributed by atoms with Crippen LogP contribution in [0.25, 0.3) is 11.1 Å². The van der Waals surface area contributed by atoms with Gasteiger partial charge in [0.15, 0.2) is 0 Å². The van der Waals surface area contributed by atoms with Gasteiger partial charge in [0.2, 0.25) is 5.91 Å². The predicted octanol–water partition coefficient (Wildman–Crippen LogP) is 3.22. The van der Waals surface area contributed by atoms with Gasteiger partial charge in [0.1, 0.15) is 0 Å². The molecule has 0 radical (unpaired) electrons. The summed E-state index contributed by atoms with van der Waals surface area (Å²) in [6.07, 6.45) is 8.01. The van der Waals surface area contributed by atoms with Crippen molar-refractivity contribution in [3.8, 4) is 11.1 Å². The molecule has 2 aliphatic heterocycles. The standard InChI is InChI=1S/C30H39N3O5/c1-31-28(36)25-18-33(27(35)17-24(25)23-7-3-2-4-8-23)21-30(37)14-15-32(20-29(30)12-5-6-13-29)26(34)10-9-22-11-16-38-19-22/h2-4,7-8,17-18,22,37H,5-6,9-16,19-21H2,1H3,(H,31,36). The van der Waals surface area contributed by atoms with E-state index in [1.54, 1.807) is 13.2 Å². The number of aromatic nitrogens is 1. The Balaban J connectivity index is 1.39. The van der Waals surface area contributed by atoms with Crippen molar-refractivity contribution in [2.45, 2.75) is 63.5 Å². The topological polar surface area (TPSA) is 101 Å². The van der Waals surface area contributed by atoms with Crippen molar-refractivity contribution in [2.75, 3.05) is 33.4 Å². The fourth-order valence-corrected chi connectivity index (χ4v) is 6.76. The highest BCUT2D eigenvalue weighted by molar-refractivity contribution is 6.00. The molecule has 38 heavy (non-hydrogen) atoms. The van der Waals surface area contributed by atoms with Crippen LogP contribution in [-0.4, -0.2) is 65.3 Å². The van der Waals surface area contributed by atoms with Crippen LogP contribution in [-0.2, 0) is 16.1 Å². The molecule has 8 nitrogen and oxygen atoms in total. The lowest BCUT2D eigenvalue weighted by molar-refractivity contribution is -0.160. The van der Waals surface area contributed by atoms with Gasteiger partial charge in [0.25, 0.3) is 11.5 Å². The number of hydrogen-bond acceptors (Lipinski definition) is 5. The summed E-state index contributed by atoms with van der Waals surface area (Å²) in [6.45, 7) is 2.62. The van der Waals surface area contributed by atoms with E-state index in [0.717, 1.165) is 57.3 Å². The van der Waals surface area contributed by atoms with E-state index in [1.165, 1.54) is 10.6 Å². The van der Waals surface area contributed by atoms with Gasteiger partial charge in [0, 0.05) is 63.0 Å². The highest BCUT2D eigenvalue weighted by Crippen LogP contribution is 2.51. The predicted molar refractivity (Wildman–Crippen MR) is 145 cm³/mol. The van der Waals surface area contributed by atoms with Crippen LogP contribution in [0.2, 0.25) is 0 Å². The molecular weight excluding hydrogens is 482 g/mol. The maximum atomic E-state index is 13.3. The minimum absolute atomic E-state index is 0.104. The molecular formula is C30H39N3O5. The number of pyridine rings is 1. The quantitative estimate of drug-likeness (QED) is 0.583. The van der Waals surface area contributed by atoms with Crippen LogP contribution in [0, 0.1) is 11.3 Å². The van der Waals surface area contributed by atoms with E-state index in [9.17, 15) is 19.5 Å².